The molecule has 0 N–H and O–H groups in total. The molecule has 1 fully saturated rings. The number of likely N-dealkylation sites (N-methyl/N-ethyl adjacent to an activating group) is 1. The fourth-order valence-corrected chi connectivity index (χ4v) is 3.46. The molecule has 1 aliphatic heterocycles. The van der Waals surface area contributed by atoms with Gasteiger partial charge in [0.1, 0.15) is 11.6 Å². The summed E-state index contributed by atoms with van der Waals surface area (Å²) >= 11 is 0. The Morgan fingerprint density at radius 3 is 2.75 bits per heavy atom. The zero-order valence-corrected chi connectivity index (χ0v) is 15.0. The number of carbonyl (C=O) groups is 1. The van der Waals surface area contributed by atoms with Crippen LogP contribution in [0.5, 0.6) is 0 Å². The highest BCUT2D eigenvalue weighted by Gasteiger charge is 2.33. The highest BCUT2D eigenvalue weighted by atomic mass is 16.4. The van der Waals surface area contributed by atoms with E-state index in [9.17, 15) is 4.79 Å². The first-order chi connectivity index (χ1) is 11.5. The third kappa shape index (κ3) is 2.98. The molecule has 6 nitrogen and oxygen atoms in total. The zero-order valence-electron chi connectivity index (χ0n) is 15.0. The molecule has 0 aliphatic carbocycles. The van der Waals surface area contributed by atoms with Gasteiger partial charge in [-0.25, -0.2) is 4.98 Å². The van der Waals surface area contributed by atoms with Crippen LogP contribution in [0.25, 0.3) is 0 Å². The fourth-order valence-electron chi connectivity index (χ4n) is 3.46. The lowest BCUT2D eigenvalue weighted by molar-refractivity contribution is 0.0445. The number of rotatable bonds is 4. The van der Waals surface area contributed by atoms with Gasteiger partial charge in [-0.3, -0.25) is 9.69 Å². The number of aryl methyl sites for hydroxylation is 3. The third-order valence-corrected chi connectivity index (χ3v) is 4.89. The Kier molecular flexibility index (Phi) is 4.76. The third-order valence-electron chi connectivity index (χ3n) is 4.89. The minimum Gasteiger partial charge on any atom is -0.456 e. The molecule has 2 aromatic heterocycles. The van der Waals surface area contributed by atoms with Gasteiger partial charge in [-0.05, 0) is 25.1 Å². The molecule has 0 spiro atoms. The van der Waals surface area contributed by atoms with E-state index < -0.39 is 0 Å². The maximum Gasteiger partial charge on any atom is 0.289 e. The van der Waals surface area contributed by atoms with Crippen LogP contribution < -0.4 is 0 Å². The first-order valence-corrected chi connectivity index (χ1v) is 8.65. The van der Waals surface area contributed by atoms with Crippen molar-refractivity contribution < 1.29 is 9.21 Å². The highest BCUT2D eigenvalue weighted by molar-refractivity contribution is 5.92. The molecule has 1 saturated heterocycles. The number of hydrogen-bond acceptors (Lipinski definition) is 4. The summed E-state index contributed by atoms with van der Waals surface area (Å²) in [4.78, 5) is 21.6. The van der Waals surface area contributed by atoms with Crippen molar-refractivity contribution in [2.75, 3.05) is 26.2 Å². The number of nitrogens with zero attached hydrogens (tertiary/aromatic N) is 4. The Balaban J connectivity index is 1.82. The van der Waals surface area contributed by atoms with E-state index in [4.69, 9.17) is 4.42 Å². The molecule has 0 aromatic carbocycles. The van der Waals surface area contributed by atoms with Gasteiger partial charge in [0.2, 0.25) is 0 Å². The second-order valence-corrected chi connectivity index (χ2v) is 6.36. The molecule has 1 aliphatic rings. The van der Waals surface area contributed by atoms with Gasteiger partial charge >= 0.3 is 0 Å². The van der Waals surface area contributed by atoms with Gasteiger partial charge in [-0.1, -0.05) is 13.8 Å². The summed E-state index contributed by atoms with van der Waals surface area (Å²) in [6, 6.07) is 1.98. The highest BCUT2D eigenvalue weighted by Crippen LogP contribution is 2.25. The molecule has 6 heteroatoms. The largest absolute Gasteiger partial charge is 0.456 e. The summed E-state index contributed by atoms with van der Waals surface area (Å²) in [6.45, 7) is 9.33. The number of piperazine rings is 1. The van der Waals surface area contributed by atoms with Crippen LogP contribution in [0.15, 0.2) is 22.9 Å². The van der Waals surface area contributed by atoms with Gasteiger partial charge in [0, 0.05) is 45.5 Å². The number of hydrogen-bond donors (Lipinski definition) is 0. The Bertz CT molecular complexity index is 718. The van der Waals surface area contributed by atoms with E-state index in [-0.39, 0.29) is 11.9 Å². The molecule has 24 heavy (non-hydrogen) atoms. The first-order valence-electron chi connectivity index (χ1n) is 8.65. The van der Waals surface area contributed by atoms with E-state index in [1.54, 1.807) is 0 Å². The summed E-state index contributed by atoms with van der Waals surface area (Å²) in [5.41, 5.74) is 1.05. The Morgan fingerprint density at radius 1 is 1.38 bits per heavy atom. The van der Waals surface area contributed by atoms with Crippen molar-refractivity contribution in [2.24, 2.45) is 7.05 Å². The summed E-state index contributed by atoms with van der Waals surface area (Å²) in [5.74, 6) is 2.33. The zero-order chi connectivity index (χ0) is 17.3. The van der Waals surface area contributed by atoms with Crippen LogP contribution in [0.2, 0.25) is 0 Å². The van der Waals surface area contributed by atoms with E-state index >= 15 is 0 Å². The average molecular weight is 330 g/mol. The lowest BCUT2D eigenvalue weighted by Gasteiger charge is -2.40. The number of imidazole rings is 1. The van der Waals surface area contributed by atoms with E-state index in [1.807, 2.05) is 48.8 Å². The van der Waals surface area contributed by atoms with Crippen molar-refractivity contribution in [3.05, 3.63) is 41.4 Å². The Hall–Kier alpha value is -2.08. The van der Waals surface area contributed by atoms with Crippen molar-refractivity contribution in [3.8, 4) is 0 Å². The SMILES string of the molecule is CCc1oc(C(=O)N2CCN(CC)[C@H](c3nccn3C)C2)cc1C. The van der Waals surface area contributed by atoms with Gasteiger partial charge in [-0.15, -0.1) is 0 Å². The van der Waals surface area contributed by atoms with Crippen LogP contribution in [0, 0.1) is 6.92 Å². The van der Waals surface area contributed by atoms with Gasteiger partial charge in [0.25, 0.3) is 5.91 Å². The van der Waals surface area contributed by atoms with Crippen molar-refractivity contribution in [1.82, 2.24) is 19.4 Å². The molecule has 3 heterocycles. The monoisotopic (exact) mass is 330 g/mol. The van der Waals surface area contributed by atoms with Crippen molar-refractivity contribution in [1.29, 1.82) is 0 Å². The molecular formula is C18H26N4O2. The van der Waals surface area contributed by atoms with Crippen LogP contribution in [-0.2, 0) is 13.5 Å². The van der Waals surface area contributed by atoms with E-state index in [1.165, 1.54) is 0 Å². The maximum atomic E-state index is 12.9. The summed E-state index contributed by atoms with van der Waals surface area (Å²) in [6.07, 6.45) is 4.57. The topological polar surface area (TPSA) is 54.5 Å². The molecule has 3 rings (SSSR count). The van der Waals surface area contributed by atoms with Gasteiger partial charge in [0.15, 0.2) is 5.76 Å². The van der Waals surface area contributed by atoms with Gasteiger partial charge < -0.3 is 13.9 Å². The number of aromatic nitrogens is 2. The predicted molar refractivity (Wildman–Crippen MR) is 91.9 cm³/mol. The fraction of sp³-hybridized carbons (Fsp3) is 0.556. The van der Waals surface area contributed by atoms with Crippen molar-refractivity contribution >= 4 is 5.91 Å². The Morgan fingerprint density at radius 2 is 2.17 bits per heavy atom. The second kappa shape index (κ2) is 6.81. The maximum absolute atomic E-state index is 12.9. The molecule has 0 unspecified atom stereocenters. The average Bonchev–Trinajstić information content (AvgIpc) is 3.19. The van der Waals surface area contributed by atoms with Crippen LogP contribution in [-0.4, -0.2) is 51.4 Å². The quantitative estimate of drug-likeness (QED) is 0.864. The standard InChI is InChI=1S/C18H26N4O2/c1-5-15-13(3)11-16(24-15)18(23)22-10-9-21(6-2)14(12-22)17-19-7-8-20(17)4/h7-8,11,14H,5-6,9-10,12H2,1-4H3/t14-/m0/s1. The van der Waals surface area contributed by atoms with Crippen molar-refractivity contribution in [3.63, 3.8) is 0 Å². The van der Waals surface area contributed by atoms with E-state index in [0.29, 0.717) is 12.3 Å². The van der Waals surface area contributed by atoms with E-state index in [2.05, 4.69) is 16.8 Å². The molecular weight excluding hydrogens is 304 g/mol. The summed E-state index contributed by atoms with van der Waals surface area (Å²) < 4.78 is 7.79. The van der Waals surface area contributed by atoms with Crippen LogP contribution in [0.1, 0.15) is 47.6 Å². The van der Waals surface area contributed by atoms with E-state index in [0.717, 1.165) is 43.2 Å². The lowest BCUT2D eigenvalue weighted by atomic mass is 10.1. The number of carbonyl (C=O) groups excluding carboxylic acids is 1. The summed E-state index contributed by atoms with van der Waals surface area (Å²) in [5, 5.41) is 0. The Labute approximate surface area is 143 Å². The number of amides is 1. The smallest absolute Gasteiger partial charge is 0.289 e. The van der Waals surface area contributed by atoms with Crippen LogP contribution >= 0.6 is 0 Å². The molecule has 130 valence electrons. The molecule has 0 saturated carbocycles. The van der Waals surface area contributed by atoms with Gasteiger partial charge in [0.05, 0.1) is 6.04 Å². The lowest BCUT2D eigenvalue weighted by Crippen LogP contribution is -2.50. The van der Waals surface area contributed by atoms with Crippen molar-refractivity contribution in [2.45, 2.75) is 33.2 Å². The molecule has 0 bridgehead atoms. The van der Waals surface area contributed by atoms with Gasteiger partial charge in [-0.2, -0.15) is 0 Å². The number of furan rings is 1. The summed E-state index contributed by atoms with van der Waals surface area (Å²) in [7, 11) is 2.00. The first kappa shape index (κ1) is 16.8. The molecule has 2 aromatic rings. The minimum atomic E-state index is -0.0206. The molecule has 1 atom stereocenters. The minimum absolute atomic E-state index is 0.0206. The van der Waals surface area contributed by atoms with Crippen LogP contribution in [0.3, 0.4) is 0 Å². The normalized spacial score (nSPS) is 19.0. The second-order valence-electron chi connectivity index (χ2n) is 6.36. The molecule has 1 amide bonds. The predicted octanol–water partition coefficient (Wildman–Crippen LogP) is 2.40. The molecule has 0 radical (unpaired) electrons. The van der Waals surface area contributed by atoms with Crippen LogP contribution in [0.4, 0.5) is 0 Å².